The minimum Gasteiger partial charge on any atom is -0.383 e. The summed E-state index contributed by atoms with van der Waals surface area (Å²) >= 11 is 6.42. The number of methoxy groups -OCH3 is 1. The molecule has 9 heteroatoms. The summed E-state index contributed by atoms with van der Waals surface area (Å²) < 4.78 is 6.78. The summed E-state index contributed by atoms with van der Waals surface area (Å²) in [7, 11) is 1.55. The fourth-order valence-electron chi connectivity index (χ4n) is 3.60. The van der Waals surface area contributed by atoms with Crippen molar-refractivity contribution in [3.63, 3.8) is 0 Å². The number of nitrogens with one attached hydrogen (secondary N) is 2. The van der Waals surface area contributed by atoms with Gasteiger partial charge in [0.05, 0.1) is 23.0 Å². The van der Waals surface area contributed by atoms with E-state index in [9.17, 15) is 9.59 Å². The average molecular weight is 512 g/mol. The quantitative estimate of drug-likeness (QED) is 0.414. The summed E-state index contributed by atoms with van der Waals surface area (Å²) in [5.41, 5.74) is 3.93. The monoisotopic (exact) mass is 511 g/mol. The van der Waals surface area contributed by atoms with E-state index in [1.54, 1.807) is 17.9 Å². The van der Waals surface area contributed by atoms with Crippen LogP contribution in [0.1, 0.15) is 37.6 Å². The highest BCUT2D eigenvalue weighted by Gasteiger charge is 2.24. The number of anilines is 2. The third-order valence-electron chi connectivity index (χ3n) is 5.64. The van der Waals surface area contributed by atoms with Crippen LogP contribution in [0.2, 0.25) is 5.02 Å². The van der Waals surface area contributed by atoms with Gasteiger partial charge in [-0.05, 0) is 37.6 Å². The van der Waals surface area contributed by atoms with E-state index >= 15 is 0 Å². The van der Waals surface area contributed by atoms with Gasteiger partial charge in [0.1, 0.15) is 12.4 Å². The van der Waals surface area contributed by atoms with E-state index in [2.05, 4.69) is 10.6 Å². The predicted molar refractivity (Wildman–Crippen MR) is 144 cm³/mol. The Bertz CT molecular complexity index is 1230. The Morgan fingerprint density at radius 2 is 1.81 bits per heavy atom. The first-order valence-corrected chi connectivity index (χ1v) is 12.1. The fraction of sp³-hybridized carbons (Fsp3) is 0.370. The van der Waals surface area contributed by atoms with Crippen LogP contribution in [0.4, 0.5) is 16.3 Å². The van der Waals surface area contributed by atoms with Crippen LogP contribution in [0.25, 0.3) is 5.69 Å². The van der Waals surface area contributed by atoms with Gasteiger partial charge in [-0.3, -0.25) is 4.79 Å². The molecule has 0 fully saturated rings. The van der Waals surface area contributed by atoms with E-state index in [1.165, 1.54) is 4.90 Å². The Kier molecular flexibility index (Phi) is 8.76. The maximum Gasteiger partial charge on any atom is 0.322 e. The molecule has 0 bridgehead atoms. The van der Waals surface area contributed by atoms with E-state index in [4.69, 9.17) is 21.4 Å². The number of para-hydroxylation sites is 1. The van der Waals surface area contributed by atoms with Crippen LogP contribution in [0.3, 0.4) is 0 Å². The third-order valence-corrected chi connectivity index (χ3v) is 5.96. The minimum absolute atomic E-state index is 0.168. The molecule has 0 spiro atoms. The third kappa shape index (κ3) is 6.86. The molecule has 0 saturated carbocycles. The van der Waals surface area contributed by atoms with E-state index in [0.29, 0.717) is 28.8 Å². The molecule has 0 unspecified atom stereocenters. The molecule has 3 aromatic rings. The topological polar surface area (TPSA) is 88.5 Å². The number of aryl methyl sites for hydroxylation is 2. The van der Waals surface area contributed by atoms with Crippen molar-refractivity contribution in [2.45, 2.75) is 40.0 Å². The number of carbonyl (C=O) groups is 2. The molecule has 3 rings (SSSR count). The van der Waals surface area contributed by atoms with Gasteiger partial charge in [-0.15, -0.1) is 0 Å². The largest absolute Gasteiger partial charge is 0.383 e. The lowest BCUT2D eigenvalue weighted by Gasteiger charge is -2.23. The molecule has 0 saturated heterocycles. The van der Waals surface area contributed by atoms with Crippen LogP contribution in [-0.2, 0) is 14.9 Å². The Hall–Kier alpha value is -3.36. The molecule has 192 valence electrons. The molecule has 0 aliphatic rings. The Morgan fingerprint density at radius 1 is 1.08 bits per heavy atom. The van der Waals surface area contributed by atoms with Crippen molar-refractivity contribution >= 4 is 35.0 Å². The zero-order valence-corrected chi connectivity index (χ0v) is 22.4. The molecule has 0 radical (unpaired) electrons. The number of urea groups is 1. The van der Waals surface area contributed by atoms with Crippen LogP contribution in [-0.4, -0.2) is 53.4 Å². The van der Waals surface area contributed by atoms with Crippen molar-refractivity contribution in [3.05, 3.63) is 70.4 Å². The predicted octanol–water partition coefficient (Wildman–Crippen LogP) is 5.56. The summed E-state index contributed by atoms with van der Waals surface area (Å²) in [5, 5.41) is 11.0. The van der Waals surface area contributed by atoms with Crippen LogP contribution in [0.5, 0.6) is 0 Å². The molecular weight excluding hydrogens is 478 g/mol. The smallest absolute Gasteiger partial charge is 0.322 e. The van der Waals surface area contributed by atoms with Gasteiger partial charge >= 0.3 is 6.03 Å². The number of halogens is 1. The fourth-order valence-corrected chi connectivity index (χ4v) is 3.82. The van der Waals surface area contributed by atoms with Crippen molar-refractivity contribution in [3.8, 4) is 5.69 Å². The number of carbonyl (C=O) groups excluding carboxylic acids is 2. The van der Waals surface area contributed by atoms with Gasteiger partial charge in [-0.25, -0.2) is 9.48 Å². The molecule has 0 aliphatic heterocycles. The number of aromatic nitrogens is 2. The highest BCUT2D eigenvalue weighted by molar-refractivity contribution is 6.32. The SMILES string of the molecule is COCCN(CC(=O)Nc1cc(C(C)(C)C)nn1-c1ccccc1Cl)C(=O)Nc1ccc(C)cc1C. The normalized spacial score (nSPS) is 11.3. The van der Waals surface area contributed by atoms with Gasteiger partial charge < -0.3 is 20.3 Å². The highest BCUT2D eigenvalue weighted by Crippen LogP contribution is 2.29. The molecule has 0 atom stereocenters. The molecule has 2 aromatic carbocycles. The maximum absolute atomic E-state index is 13.1. The summed E-state index contributed by atoms with van der Waals surface area (Å²) in [4.78, 5) is 27.6. The number of ether oxygens (including phenoxy) is 1. The second-order valence-corrected chi connectivity index (χ2v) is 10.1. The second-order valence-electron chi connectivity index (χ2n) is 9.74. The first-order chi connectivity index (χ1) is 17.0. The summed E-state index contributed by atoms with van der Waals surface area (Å²) in [6, 6.07) is 14.5. The first kappa shape index (κ1) is 27.2. The molecule has 1 aromatic heterocycles. The lowest BCUT2D eigenvalue weighted by atomic mass is 9.92. The van der Waals surface area contributed by atoms with Gasteiger partial charge in [-0.1, -0.05) is 62.2 Å². The van der Waals surface area contributed by atoms with Gasteiger partial charge in [0.25, 0.3) is 0 Å². The molecule has 2 N–H and O–H groups in total. The Balaban J connectivity index is 1.82. The second kappa shape index (κ2) is 11.6. The Morgan fingerprint density at radius 3 is 2.44 bits per heavy atom. The summed E-state index contributed by atoms with van der Waals surface area (Å²) in [5.74, 6) is 0.107. The zero-order chi connectivity index (χ0) is 26.5. The van der Waals surface area contributed by atoms with E-state index < -0.39 is 0 Å². The molecule has 36 heavy (non-hydrogen) atoms. The first-order valence-electron chi connectivity index (χ1n) is 11.8. The number of nitrogens with zero attached hydrogens (tertiary/aromatic N) is 3. The summed E-state index contributed by atoms with van der Waals surface area (Å²) in [6.07, 6.45) is 0. The Labute approximate surface area is 217 Å². The number of hydrogen-bond donors (Lipinski definition) is 2. The molecule has 3 amide bonds. The van der Waals surface area contributed by atoms with Crippen molar-refractivity contribution in [1.82, 2.24) is 14.7 Å². The van der Waals surface area contributed by atoms with E-state index in [-0.39, 0.29) is 30.4 Å². The van der Waals surface area contributed by atoms with Gasteiger partial charge in [0.15, 0.2) is 0 Å². The van der Waals surface area contributed by atoms with Crippen molar-refractivity contribution in [2.75, 3.05) is 37.4 Å². The zero-order valence-electron chi connectivity index (χ0n) is 21.7. The number of rotatable bonds is 8. The molecule has 8 nitrogen and oxygen atoms in total. The van der Waals surface area contributed by atoms with Crippen LogP contribution in [0.15, 0.2) is 48.5 Å². The van der Waals surface area contributed by atoms with E-state index in [0.717, 1.165) is 16.8 Å². The summed E-state index contributed by atoms with van der Waals surface area (Å²) in [6.45, 7) is 10.4. The number of hydrogen-bond acceptors (Lipinski definition) is 4. The lowest BCUT2D eigenvalue weighted by Crippen LogP contribution is -2.42. The van der Waals surface area contributed by atoms with Crippen LogP contribution < -0.4 is 10.6 Å². The van der Waals surface area contributed by atoms with Crippen LogP contribution in [0, 0.1) is 13.8 Å². The van der Waals surface area contributed by atoms with Gasteiger partial charge in [-0.2, -0.15) is 5.10 Å². The standard InChI is InChI=1S/C27H34ClN5O3/c1-18-11-12-21(19(2)15-18)29-26(35)32(13-14-36-6)17-25(34)30-24-16-23(27(3,4)5)31-33(24)22-10-8-7-9-20(22)28/h7-12,15-16H,13-14,17H2,1-6H3,(H,29,35)(H,30,34). The molecule has 1 heterocycles. The molecule has 0 aliphatic carbocycles. The highest BCUT2D eigenvalue weighted by atomic mass is 35.5. The number of benzene rings is 2. The van der Waals surface area contributed by atoms with Crippen molar-refractivity contribution in [2.24, 2.45) is 0 Å². The van der Waals surface area contributed by atoms with Crippen LogP contribution >= 0.6 is 11.6 Å². The van der Waals surface area contributed by atoms with E-state index in [1.807, 2.05) is 77.1 Å². The minimum atomic E-state index is -0.385. The van der Waals surface area contributed by atoms with Crippen molar-refractivity contribution in [1.29, 1.82) is 0 Å². The number of amides is 3. The lowest BCUT2D eigenvalue weighted by molar-refractivity contribution is -0.116. The van der Waals surface area contributed by atoms with Crippen molar-refractivity contribution < 1.29 is 14.3 Å². The van der Waals surface area contributed by atoms with Gasteiger partial charge in [0, 0.05) is 30.8 Å². The average Bonchev–Trinajstić information content (AvgIpc) is 3.22. The molecular formula is C27H34ClN5O3. The maximum atomic E-state index is 13.1. The van der Waals surface area contributed by atoms with Gasteiger partial charge in [0.2, 0.25) is 5.91 Å².